The predicted octanol–water partition coefficient (Wildman–Crippen LogP) is 5.88. The van der Waals surface area contributed by atoms with Crippen LogP contribution in [0.4, 0.5) is 0 Å². The van der Waals surface area contributed by atoms with Crippen LogP contribution >= 0.6 is 0 Å². The van der Waals surface area contributed by atoms with Crippen molar-refractivity contribution in [1.29, 1.82) is 0 Å². The number of carboxylic acid groups (broad SMARTS) is 4. The first-order valence-electron chi connectivity index (χ1n) is 14.9. The van der Waals surface area contributed by atoms with Gasteiger partial charge in [-0.15, -0.1) is 0 Å². The Morgan fingerprint density at radius 1 is 0.605 bits per heavy atom. The van der Waals surface area contributed by atoms with Gasteiger partial charge < -0.3 is 20.4 Å². The summed E-state index contributed by atoms with van der Waals surface area (Å²) in [5, 5.41) is 37.0. The quantitative estimate of drug-likeness (QED) is 0.315. The molecule has 4 rings (SSSR count). The van der Waals surface area contributed by atoms with Crippen molar-refractivity contribution in [3.8, 4) is 0 Å². The molecule has 0 aromatic rings. The fourth-order valence-electron chi connectivity index (χ4n) is 8.36. The summed E-state index contributed by atoms with van der Waals surface area (Å²) in [6.45, 7) is 6.23. The predicted molar refractivity (Wildman–Crippen MR) is 141 cm³/mol. The SMILES string of the molecule is CC1C(C(=O)O)CC2CCC(C(=O)O)CC2C1C.CCCCC1CC2CC(C(=O)O)CCC2CC1C(=O)O. The lowest BCUT2D eigenvalue weighted by Crippen LogP contribution is -2.44. The average Bonchev–Trinajstić information content (AvgIpc) is 2.88. The van der Waals surface area contributed by atoms with Crippen LogP contribution in [-0.2, 0) is 19.2 Å². The molecule has 4 fully saturated rings. The van der Waals surface area contributed by atoms with E-state index in [0.29, 0.717) is 36.0 Å². The summed E-state index contributed by atoms with van der Waals surface area (Å²) in [5.74, 6) is -1.19. The molecule has 0 aromatic heterocycles. The van der Waals surface area contributed by atoms with Gasteiger partial charge >= 0.3 is 23.9 Å². The molecule has 216 valence electrons. The van der Waals surface area contributed by atoms with Crippen molar-refractivity contribution in [2.75, 3.05) is 0 Å². The highest BCUT2D eigenvalue weighted by Gasteiger charge is 2.47. The van der Waals surface area contributed by atoms with E-state index in [0.717, 1.165) is 70.6 Å². The smallest absolute Gasteiger partial charge is 0.306 e. The van der Waals surface area contributed by atoms with Gasteiger partial charge in [0, 0.05) is 0 Å². The summed E-state index contributed by atoms with van der Waals surface area (Å²) in [6, 6.07) is 0. The van der Waals surface area contributed by atoms with E-state index < -0.39 is 23.9 Å². The lowest BCUT2D eigenvalue weighted by atomic mass is 9.57. The van der Waals surface area contributed by atoms with Gasteiger partial charge in [0.15, 0.2) is 0 Å². The highest BCUT2D eigenvalue weighted by molar-refractivity contribution is 5.72. The number of carboxylic acids is 4. The Morgan fingerprint density at radius 3 is 1.71 bits per heavy atom. The normalized spacial score (nSPS) is 40.4. The Kier molecular flexibility index (Phi) is 10.6. The summed E-state index contributed by atoms with van der Waals surface area (Å²) in [6.07, 6.45) is 10.3. The van der Waals surface area contributed by atoms with Crippen molar-refractivity contribution in [2.24, 2.45) is 65.1 Å². The maximum absolute atomic E-state index is 11.5. The molecule has 38 heavy (non-hydrogen) atoms. The Balaban J connectivity index is 0.000000212. The molecule has 0 aliphatic heterocycles. The molecule has 0 spiro atoms. The maximum atomic E-state index is 11.5. The van der Waals surface area contributed by atoms with Crippen LogP contribution in [0, 0.1) is 65.1 Å². The zero-order valence-electron chi connectivity index (χ0n) is 23.3. The van der Waals surface area contributed by atoms with Gasteiger partial charge in [-0.3, -0.25) is 19.2 Å². The van der Waals surface area contributed by atoms with Crippen LogP contribution in [-0.4, -0.2) is 44.3 Å². The fraction of sp³-hybridized carbons (Fsp3) is 0.867. The third kappa shape index (κ3) is 7.09. The number of unbranched alkanes of at least 4 members (excludes halogenated alkanes) is 1. The molecule has 4 aliphatic carbocycles. The summed E-state index contributed by atoms with van der Waals surface area (Å²) >= 11 is 0. The molecule has 8 heteroatoms. The van der Waals surface area contributed by atoms with E-state index in [1.54, 1.807) is 0 Å². The van der Waals surface area contributed by atoms with E-state index in [2.05, 4.69) is 13.8 Å². The van der Waals surface area contributed by atoms with E-state index in [9.17, 15) is 34.5 Å². The second-order valence-electron chi connectivity index (χ2n) is 12.9. The molecular weight excluding hydrogens is 488 g/mol. The molecule has 4 saturated carbocycles. The first kappa shape index (κ1) is 30.4. The molecular formula is C30H48O8. The zero-order valence-corrected chi connectivity index (χ0v) is 23.3. The van der Waals surface area contributed by atoms with Crippen LogP contribution in [0.25, 0.3) is 0 Å². The molecule has 0 saturated heterocycles. The Bertz CT molecular complexity index is 853. The third-order valence-corrected chi connectivity index (χ3v) is 10.9. The summed E-state index contributed by atoms with van der Waals surface area (Å²) in [5.41, 5.74) is 0. The fourth-order valence-corrected chi connectivity index (χ4v) is 8.36. The van der Waals surface area contributed by atoms with Crippen LogP contribution in [0.1, 0.15) is 97.8 Å². The first-order valence-corrected chi connectivity index (χ1v) is 14.9. The molecule has 11 unspecified atom stereocenters. The highest BCUT2D eigenvalue weighted by Crippen LogP contribution is 2.50. The van der Waals surface area contributed by atoms with Crippen LogP contribution in [0.15, 0.2) is 0 Å². The number of rotatable bonds is 7. The van der Waals surface area contributed by atoms with Crippen molar-refractivity contribution in [3.63, 3.8) is 0 Å². The summed E-state index contributed by atoms with van der Waals surface area (Å²) in [4.78, 5) is 45.0. The Hall–Kier alpha value is -2.12. The minimum absolute atomic E-state index is 0.149. The minimum atomic E-state index is -0.687. The van der Waals surface area contributed by atoms with Crippen molar-refractivity contribution in [2.45, 2.75) is 97.8 Å². The minimum Gasteiger partial charge on any atom is -0.481 e. The summed E-state index contributed by atoms with van der Waals surface area (Å²) in [7, 11) is 0. The van der Waals surface area contributed by atoms with Crippen LogP contribution < -0.4 is 0 Å². The molecule has 8 nitrogen and oxygen atoms in total. The Morgan fingerprint density at radius 2 is 1.16 bits per heavy atom. The van der Waals surface area contributed by atoms with Gasteiger partial charge in [0.1, 0.15) is 0 Å². The van der Waals surface area contributed by atoms with Gasteiger partial charge in [-0.1, -0.05) is 33.6 Å². The second kappa shape index (κ2) is 13.3. The van der Waals surface area contributed by atoms with Crippen molar-refractivity contribution in [1.82, 2.24) is 0 Å². The molecule has 4 N–H and O–H groups in total. The molecule has 0 aromatic carbocycles. The Labute approximate surface area is 226 Å². The van der Waals surface area contributed by atoms with E-state index in [1.807, 2.05) is 6.92 Å². The molecule has 4 aliphatic rings. The van der Waals surface area contributed by atoms with Gasteiger partial charge in [-0.2, -0.15) is 0 Å². The zero-order chi connectivity index (χ0) is 28.1. The standard InChI is InChI=1S/C16H26O4.C14H22O4/c1-2-3-4-11-7-13-8-12(15(17)18)6-5-10(13)9-14(11)16(19)20;1-7-8(2)12(14(17)18)5-9-3-4-10(13(15)16)6-11(7)9/h10-14H,2-9H2,1H3,(H,17,18)(H,19,20);7-12H,3-6H2,1-2H3,(H,15,16)(H,17,18). The maximum Gasteiger partial charge on any atom is 0.306 e. The van der Waals surface area contributed by atoms with Crippen molar-refractivity contribution >= 4 is 23.9 Å². The first-order chi connectivity index (χ1) is 17.9. The second-order valence-corrected chi connectivity index (χ2v) is 12.9. The van der Waals surface area contributed by atoms with Gasteiger partial charge in [0.2, 0.25) is 0 Å². The van der Waals surface area contributed by atoms with Crippen LogP contribution in [0.2, 0.25) is 0 Å². The molecule has 0 heterocycles. The van der Waals surface area contributed by atoms with E-state index in [-0.39, 0.29) is 35.5 Å². The van der Waals surface area contributed by atoms with Gasteiger partial charge in [0.25, 0.3) is 0 Å². The van der Waals surface area contributed by atoms with Crippen LogP contribution in [0.3, 0.4) is 0 Å². The van der Waals surface area contributed by atoms with Gasteiger partial charge in [0.05, 0.1) is 23.7 Å². The molecule has 11 atom stereocenters. The number of aliphatic carboxylic acids is 4. The highest BCUT2D eigenvalue weighted by atomic mass is 16.4. The molecule has 0 radical (unpaired) electrons. The van der Waals surface area contributed by atoms with Crippen molar-refractivity contribution in [3.05, 3.63) is 0 Å². The van der Waals surface area contributed by atoms with Crippen molar-refractivity contribution < 1.29 is 39.6 Å². The molecule has 0 bridgehead atoms. The van der Waals surface area contributed by atoms with E-state index in [4.69, 9.17) is 5.11 Å². The number of carbonyl (C=O) groups is 4. The average molecular weight is 537 g/mol. The van der Waals surface area contributed by atoms with Gasteiger partial charge in [-0.05, 0) is 106 Å². The topological polar surface area (TPSA) is 149 Å². The number of hydrogen-bond donors (Lipinski definition) is 4. The number of fused-ring (bicyclic) bond motifs is 2. The monoisotopic (exact) mass is 536 g/mol. The lowest BCUT2D eigenvalue weighted by Gasteiger charge is -2.47. The molecule has 0 amide bonds. The van der Waals surface area contributed by atoms with E-state index in [1.165, 1.54) is 0 Å². The third-order valence-electron chi connectivity index (χ3n) is 10.9. The van der Waals surface area contributed by atoms with Gasteiger partial charge in [-0.25, -0.2) is 0 Å². The van der Waals surface area contributed by atoms with E-state index >= 15 is 0 Å². The lowest BCUT2D eigenvalue weighted by molar-refractivity contribution is -0.152. The number of hydrogen-bond acceptors (Lipinski definition) is 4. The van der Waals surface area contributed by atoms with Crippen LogP contribution in [0.5, 0.6) is 0 Å². The largest absolute Gasteiger partial charge is 0.481 e. The summed E-state index contributed by atoms with van der Waals surface area (Å²) < 4.78 is 0.